The standard InChI is InChI=1S/C28H40N4O/c1-5-31(6-2)20-27(33)29-32-19-26-24(22-13-9-7-10-14-22)17-28(21-32,30(3)4)18-25(26)23-15-11-8-12-16-23/h7-16,24-26H,5-6,17-21H2,1-4H3,(H,29,33). The molecular formula is C28H40N4O. The number of nitrogens with zero attached hydrogens (tertiary/aromatic N) is 3. The third-order valence-electron chi connectivity index (χ3n) is 8.10. The number of carbonyl (C=O) groups excluding carboxylic acids is 1. The molecule has 1 aliphatic carbocycles. The molecule has 5 heteroatoms. The normalized spacial score (nSPS) is 27.6. The summed E-state index contributed by atoms with van der Waals surface area (Å²) in [6, 6.07) is 22.0. The zero-order chi connectivity index (χ0) is 23.4. The van der Waals surface area contributed by atoms with Gasteiger partial charge in [0.15, 0.2) is 0 Å². The summed E-state index contributed by atoms with van der Waals surface area (Å²) in [5.74, 6) is 1.45. The highest BCUT2D eigenvalue weighted by Gasteiger charge is 2.52. The lowest BCUT2D eigenvalue weighted by Crippen LogP contribution is -2.56. The molecule has 3 fully saturated rings. The first kappa shape index (κ1) is 23.9. The molecule has 2 aromatic carbocycles. The fourth-order valence-electron chi connectivity index (χ4n) is 6.13. The first-order chi connectivity index (χ1) is 16.0. The van der Waals surface area contributed by atoms with Crippen molar-refractivity contribution < 1.29 is 4.79 Å². The van der Waals surface area contributed by atoms with Crippen LogP contribution in [0.5, 0.6) is 0 Å². The summed E-state index contributed by atoms with van der Waals surface area (Å²) in [4.78, 5) is 17.5. The highest BCUT2D eigenvalue weighted by Crippen LogP contribution is 2.53. The van der Waals surface area contributed by atoms with Crippen molar-refractivity contribution in [2.45, 2.75) is 44.1 Å². The van der Waals surface area contributed by atoms with Gasteiger partial charge in [0.1, 0.15) is 0 Å². The van der Waals surface area contributed by atoms with Crippen LogP contribution >= 0.6 is 0 Å². The number of nitrogens with one attached hydrogen (secondary N) is 1. The van der Waals surface area contributed by atoms with Crippen LogP contribution in [0.3, 0.4) is 0 Å². The van der Waals surface area contributed by atoms with Crippen molar-refractivity contribution in [2.24, 2.45) is 5.92 Å². The van der Waals surface area contributed by atoms with Crippen LogP contribution in [0.25, 0.3) is 0 Å². The smallest absolute Gasteiger partial charge is 0.248 e. The molecule has 5 rings (SSSR count). The van der Waals surface area contributed by atoms with Gasteiger partial charge in [0.05, 0.1) is 6.54 Å². The Bertz CT molecular complexity index is 847. The van der Waals surface area contributed by atoms with Crippen molar-refractivity contribution in [3.63, 3.8) is 0 Å². The van der Waals surface area contributed by atoms with E-state index >= 15 is 0 Å². The fourth-order valence-corrected chi connectivity index (χ4v) is 6.13. The van der Waals surface area contributed by atoms with Gasteiger partial charge >= 0.3 is 0 Å². The largest absolute Gasteiger partial charge is 0.302 e. The molecule has 1 amide bonds. The minimum Gasteiger partial charge on any atom is -0.302 e. The summed E-state index contributed by atoms with van der Waals surface area (Å²) in [5, 5.41) is 2.24. The van der Waals surface area contributed by atoms with Gasteiger partial charge in [-0.2, -0.15) is 0 Å². The van der Waals surface area contributed by atoms with E-state index in [-0.39, 0.29) is 11.4 Å². The average Bonchev–Trinajstić information content (AvgIpc) is 3.10. The predicted molar refractivity (Wildman–Crippen MR) is 135 cm³/mol. The molecule has 0 spiro atoms. The minimum absolute atomic E-state index is 0.00348. The molecule has 2 aromatic rings. The van der Waals surface area contributed by atoms with Crippen molar-refractivity contribution in [2.75, 3.05) is 46.8 Å². The summed E-state index contributed by atoms with van der Waals surface area (Å²) >= 11 is 0. The monoisotopic (exact) mass is 448 g/mol. The lowest BCUT2D eigenvalue weighted by molar-refractivity contribution is -0.127. The molecule has 2 aliphatic heterocycles. The molecule has 2 heterocycles. The Morgan fingerprint density at radius 2 is 1.45 bits per heavy atom. The van der Waals surface area contributed by atoms with E-state index in [0.717, 1.165) is 39.0 Å². The number of rotatable bonds is 8. The SMILES string of the molecule is CCN(CC)CC(=O)NN1CC2C(c3ccccc3)CC(N(C)C)(CC2c2ccccc2)C1. The number of fused-ring (bicyclic) bond motifs is 4. The van der Waals surface area contributed by atoms with Crippen molar-refractivity contribution in [3.8, 4) is 0 Å². The Kier molecular flexibility index (Phi) is 7.52. The molecule has 0 radical (unpaired) electrons. The first-order valence-electron chi connectivity index (χ1n) is 12.5. The van der Waals surface area contributed by atoms with E-state index in [1.54, 1.807) is 0 Å². The summed E-state index contributed by atoms with van der Waals surface area (Å²) < 4.78 is 0. The lowest BCUT2D eigenvalue weighted by Gasteiger charge is -2.49. The second-order valence-electron chi connectivity index (χ2n) is 10.1. The van der Waals surface area contributed by atoms with Gasteiger partial charge in [0, 0.05) is 18.6 Å². The third-order valence-corrected chi connectivity index (χ3v) is 8.10. The number of hydrogen-bond acceptors (Lipinski definition) is 4. The molecule has 2 saturated heterocycles. The van der Waals surface area contributed by atoms with E-state index < -0.39 is 0 Å². The Morgan fingerprint density at radius 3 is 1.91 bits per heavy atom. The molecule has 1 N–H and O–H groups in total. The van der Waals surface area contributed by atoms with Crippen molar-refractivity contribution in [1.82, 2.24) is 20.2 Å². The van der Waals surface area contributed by atoms with Gasteiger partial charge in [-0.1, -0.05) is 74.5 Å². The predicted octanol–water partition coefficient (Wildman–Crippen LogP) is 3.95. The van der Waals surface area contributed by atoms with E-state index in [0.29, 0.717) is 24.3 Å². The van der Waals surface area contributed by atoms with E-state index in [9.17, 15) is 4.79 Å². The van der Waals surface area contributed by atoms with Gasteiger partial charge < -0.3 is 4.90 Å². The van der Waals surface area contributed by atoms with E-state index in [4.69, 9.17) is 0 Å². The number of benzene rings is 2. The van der Waals surface area contributed by atoms with Gasteiger partial charge in [0.2, 0.25) is 5.91 Å². The summed E-state index contributed by atoms with van der Waals surface area (Å²) in [6.45, 7) is 8.18. The molecule has 2 atom stereocenters. The van der Waals surface area contributed by atoms with Crippen LogP contribution in [-0.2, 0) is 4.79 Å². The summed E-state index contributed by atoms with van der Waals surface area (Å²) in [5.41, 5.74) is 6.15. The Hall–Kier alpha value is -2.21. The van der Waals surface area contributed by atoms with Crippen molar-refractivity contribution in [1.29, 1.82) is 0 Å². The van der Waals surface area contributed by atoms with Crippen LogP contribution in [0.2, 0.25) is 0 Å². The van der Waals surface area contributed by atoms with E-state index in [2.05, 4.69) is 109 Å². The molecular weight excluding hydrogens is 408 g/mol. The second-order valence-corrected chi connectivity index (χ2v) is 10.1. The lowest BCUT2D eigenvalue weighted by atomic mass is 9.61. The second kappa shape index (κ2) is 10.4. The van der Waals surface area contributed by atoms with Gasteiger partial charge in [-0.25, -0.2) is 5.01 Å². The van der Waals surface area contributed by atoms with Crippen LogP contribution in [0.1, 0.15) is 49.7 Å². The number of hydrazine groups is 1. The number of likely N-dealkylation sites (N-methyl/N-ethyl adjacent to an activating group) is 2. The van der Waals surface area contributed by atoms with E-state index in [1.807, 2.05) is 0 Å². The number of amides is 1. The van der Waals surface area contributed by atoms with Crippen LogP contribution < -0.4 is 5.43 Å². The van der Waals surface area contributed by atoms with Crippen molar-refractivity contribution >= 4 is 5.91 Å². The molecule has 3 aliphatic rings. The Labute approximate surface area is 199 Å². The van der Waals surface area contributed by atoms with Crippen LogP contribution in [0.4, 0.5) is 0 Å². The van der Waals surface area contributed by atoms with Gasteiger partial charge in [-0.3, -0.25) is 15.1 Å². The van der Waals surface area contributed by atoms with Crippen molar-refractivity contribution in [3.05, 3.63) is 71.8 Å². The molecule has 1 saturated carbocycles. The average molecular weight is 449 g/mol. The molecule has 2 bridgehead atoms. The summed E-state index contributed by atoms with van der Waals surface area (Å²) in [6.07, 6.45) is 2.22. The topological polar surface area (TPSA) is 38.8 Å². The number of hydrogen-bond donors (Lipinski definition) is 1. The van der Waals surface area contributed by atoms with Crippen LogP contribution in [0.15, 0.2) is 60.7 Å². The minimum atomic E-state index is -0.00348. The van der Waals surface area contributed by atoms with Gasteiger partial charge in [-0.15, -0.1) is 0 Å². The zero-order valence-corrected chi connectivity index (χ0v) is 20.7. The molecule has 2 unspecified atom stereocenters. The Morgan fingerprint density at radius 1 is 0.939 bits per heavy atom. The van der Waals surface area contributed by atoms with E-state index in [1.165, 1.54) is 11.1 Å². The Balaban J connectivity index is 1.68. The summed E-state index contributed by atoms with van der Waals surface area (Å²) in [7, 11) is 4.43. The first-order valence-corrected chi connectivity index (χ1v) is 12.5. The van der Waals surface area contributed by atoms with Crippen LogP contribution in [0, 0.1) is 5.92 Å². The quantitative estimate of drug-likeness (QED) is 0.664. The number of carbonyl (C=O) groups is 1. The molecule has 0 aromatic heterocycles. The van der Waals surface area contributed by atoms with Gasteiger partial charge in [-0.05, 0) is 68.9 Å². The molecule has 5 nitrogen and oxygen atoms in total. The highest BCUT2D eigenvalue weighted by atomic mass is 16.2. The highest BCUT2D eigenvalue weighted by molar-refractivity contribution is 5.77. The fraction of sp³-hybridized carbons (Fsp3) is 0.536. The third kappa shape index (κ3) is 5.16. The van der Waals surface area contributed by atoms with Gasteiger partial charge in [0.25, 0.3) is 0 Å². The molecule has 178 valence electrons. The van der Waals surface area contributed by atoms with Crippen LogP contribution in [-0.4, -0.2) is 73.1 Å². The maximum absolute atomic E-state index is 13.0. The zero-order valence-electron chi connectivity index (χ0n) is 20.7. The maximum Gasteiger partial charge on any atom is 0.248 e. The molecule has 33 heavy (non-hydrogen) atoms. The maximum atomic E-state index is 13.0.